The summed E-state index contributed by atoms with van der Waals surface area (Å²) in [5, 5.41) is 0. The molecule has 3 atom stereocenters. The fourth-order valence-electron chi connectivity index (χ4n) is 2.46. The molecule has 1 aliphatic heterocycles. The smallest absolute Gasteiger partial charge is 0.0758 e. The number of aromatic nitrogens is 1. The Labute approximate surface area is 104 Å². The summed E-state index contributed by atoms with van der Waals surface area (Å²) in [6.07, 6.45) is 7.32. The molecule has 1 aromatic heterocycles. The highest BCUT2D eigenvalue weighted by atomic mass is 16.5. The first-order valence-electron chi connectivity index (χ1n) is 6.74. The molecule has 1 saturated heterocycles. The van der Waals surface area contributed by atoms with Gasteiger partial charge in [-0.15, -0.1) is 0 Å². The third-order valence-corrected chi connectivity index (χ3v) is 3.64. The Bertz CT molecular complexity index is 348. The van der Waals surface area contributed by atoms with E-state index >= 15 is 0 Å². The van der Waals surface area contributed by atoms with Crippen LogP contribution in [0.2, 0.25) is 0 Å². The summed E-state index contributed by atoms with van der Waals surface area (Å²) in [6, 6.07) is 4.55. The van der Waals surface area contributed by atoms with Gasteiger partial charge in [-0.25, -0.2) is 0 Å². The van der Waals surface area contributed by atoms with Gasteiger partial charge in [0.05, 0.1) is 12.2 Å². The number of hydrogen-bond donors (Lipinski definition) is 1. The molecule has 3 nitrogen and oxygen atoms in total. The van der Waals surface area contributed by atoms with Gasteiger partial charge in [-0.2, -0.15) is 0 Å². The van der Waals surface area contributed by atoms with Crippen LogP contribution in [0.3, 0.4) is 0 Å². The maximum atomic E-state index is 6.02. The van der Waals surface area contributed by atoms with Gasteiger partial charge in [0.1, 0.15) is 0 Å². The summed E-state index contributed by atoms with van der Waals surface area (Å²) < 4.78 is 8.17. The molecule has 0 aromatic carbocycles. The molecular weight excluding hydrogens is 212 g/mol. The minimum atomic E-state index is 0.270. The Morgan fingerprint density at radius 3 is 3.00 bits per heavy atom. The van der Waals surface area contributed by atoms with Crippen LogP contribution in [-0.4, -0.2) is 22.8 Å². The highest BCUT2D eigenvalue weighted by Crippen LogP contribution is 2.21. The second-order valence-corrected chi connectivity index (χ2v) is 5.17. The van der Waals surface area contributed by atoms with E-state index in [0.717, 1.165) is 19.4 Å². The van der Waals surface area contributed by atoms with Gasteiger partial charge in [0.25, 0.3) is 0 Å². The van der Waals surface area contributed by atoms with Crippen molar-refractivity contribution in [3.8, 4) is 0 Å². The van der Waals surface area contributed by atoms with Crippen LogP contribution in [0.4, 0.5) is 0 Å². The van der Waals surface area contributed by atoms with Crippen LogP contribution in [0.1, 0.15) is 38.8 Å². The maximum absolute atomic E-state index is 6.02. The van der Waals surface area contributed by atoms with Crippen molar-refractivity contribution in [1.29, 1.82) is 0 Å². The molecule has 3 heteroatoms. The molecule has 1 aliphatic rings. The third-order valence-electron chi connectivity index (χ3n) is 3.64. The molecule has 0 radical (unpaired) electrons. The zero-order valence-electron chi connectivity index (χ0n) is 10.9. The predicted octanol–water partition coefficient (Wildman–Crippen LogP) is 2.34. The summed E-state index contributed by atoms with van der Waals surface area (Å²) in [4.78, 5) is 0. The first-order valence-corrected chi connectivity index (χ1v) is 6.74. The van der Waals surface area contributed by atoms with Crippen LogP contribution in [0.15, 0.2) is 18.3 Å². The van der Waals surface area contributed by atoms with Gasteiger partial charge >= 0.3 is 0 Å². The van der Waals surface area contributed by atoms with Crippen molar-refractivity contribution in [3.63, 3.8) is 0 Å². The summed E-state index contributed by atoms with van der Waals surface area (Å²) in [7, 11) is 0. The zero-order valence-corrected chi connectivity index (χ0v) is 10.9. The second kappa shape index (κ2) is 5.69. The van der Waals surface area contributed by atoms with Gasteiger partial charge in [-0.3, -0.25) is 0 Å². The van der Waals surface area contributed by atoms with Crippen molar-refractivity contribution in [3.05, 3.63) is 24.0 Å². The van der Waals surface area contributed by atoms with Gasteiger partial charge in [-0.05, 0) is 38.3 Å². The molecule has 96 valence electrons. The molecule has 0 bridgehead atoms. The van der Waals surface area contributed by atoms with E-state index in [9.17, 15) is 0 Å². The molecule has 1 aromatic rings. The van der Waals surface area contributed by atoms with Crippen LogP contribution in [0, 0.1) is 0 Å². The summed E-state index contributed by atoms with van der Waals surface area (Å²) in [5.41, 5.74) is 7.35. The molecule has 2 heterocycles. The topological polar surface area (TPSA) is 40.2 Å². The monoisotopic (exact) mass is 236 g/mol. The van der Waals surface area contributed by atoms with E-state index in [-0.39, 0.29) is 6.04 Å². The molecule has 0 saturated carbocycles. The van der Waals surface area contributed by atoms with Gasteiger partial charge < -0.3 is 15.0 Å². The number of ether oxygens (including phenoxy) is 1. The van der Waals surface area contributed by atoms with E-state index < -0.39 is 0 Å². The van der Waals surface area contributed by atoms with Crippen molar-refractivity contribution in [2.24, 2.45) is 5.73 Å². The van der Waals surface area contributed by atoms with E-state index in [1.54, 1.807) is 0 Å². The van der Waals surface area contributed by atoms with Crippen molar-refractivity contribution in [2.75, 3.05) is 0 Å². The Morgan fingerprint density at radius 1 is 1.53 bits per heavy atom. The Morgan fingerprint density at radius 2 is 2.35 bits per heavy atom. The SMILES string of the molecule is CCC(N)Cc1cccn1CC1CCC(C)O1. The van der Waals surface area contributed by atoms with E-state index in [2.05, 4.69) is 36.7 Å². The Balaban J connectivity index is 1.94. The fraction of sp³-hybridized carbons (Fsp3) is 0.714. The van der Waals surface area contributed by atoms with Crippen molar-refractivity contribution in [2.45, 2.75) is 64.3 Å². The van der Waals surface area contributed by atoms with Gasteiger partial charge in [-0.1, -0.05) is 6.92 Å². The summed E-state index contributed by atoms with van der Waals surface area (Å²) in [5.74, 6) is 0. The van der Waals surface area contributed by atoms with E-state index in [1.807, 2.05) is 0 Å². The number of nitrogens with two attached hydrogens (primary N) is 1. The first-order chi connectivity index (χ1) is 8.19. The summed E-state index contributed by atoms with van der Waals surface area (Å²) >= 11 is 0. The second-order valence-electron chi connectivity index (χ2n) is 5.17. The van der Waals surface area contributed by atoms with Crippen molar-refractivity contribution >= 4 is 0 Å². The average Bonchev–Trinajstić information content (AvgIpc) is 2.89. The van der Waals surface area contributed by atoms with Crippen molar-refractivity contribution in [1.82, 2.24) is 4.57 Å². The van der Waals surface area contributed by atoms with Crippen LogP contribution in [-0.2, 0) is 17.7 Å². The Kier molecular flexibility index (Phi) is 4.24. The molecule has 17 heavy (non-hydrogen) atoms. The molecular formula is C14H24N2O. The van der Waals surface area contributed by atoms with Crippen LogP contribution in [0.25, 0.3) is 0 Å². The number of rotatable bonds is 5. The van der Waals surface area contributed by atoms with Crippen molar-refractivity contribution < 1.29 is 4.74 Å². The lowest BCUT2D eigenvalue weighted by molar-refractivity contribution is 0.0454. The molecule has 2 rings (SSSR count). The number of hydrogen-bond acceptors (Lipinski definition) is 2. The quantitative estimate of drug-likeness (QED) is 0.852. The van der Waals surface area contributed by atoms with E-state index in [0.29, 0.717) is 12.2 Å². The maximum Gasteiger partial charge on any atom is 0.0758 e. The Hall–Kier alpha value is -0.800. The molecule has 0 amide bonds. The van der Waals surface area contributed by atoms with Gasteiger partial charge in [0.2, 0.25) is 0 Å². The van der Waals surface area contributed by atoms with Gasteiger partial charge in [0.15, 0.2) is 0 Å². The van der Waals surface area contributed by atoms with E-state index in [4.69, 9.17) is 10.5 Å². The lowest BCUT2D eigenvalue weighted by Crippen LogP contribution is -2.24. The van der Waals surface area contributed by atoms with Gasteiger partial charge in [0, 0.05) is 30.9 Å². The lowest BCUT2D eigenvalue weighted by Gasteiger charge is -2.16. The predicted molar refractivity (Wildman–Crippen MR) is 70.0 cm³/mol. The van der Waals surface area contributed by atoms with Crippen LogP contribution < -0.4 is 5.73 Å². The van der Waals surface area contributed by atoms with Crippen LogP contribution in [0.5, 0.6) is 0 Å². The normalized spacial score (nSPS) is 26.3. The largest absolute Gasteiger partial charge is 0.373 e. The first kappa shape index (κ1) is 12.7. The van der Waals surface area contributed by atoms with E-state index in [1.165, 1.54) is 18.5 Å². The molecule has 1 fully saturated rings. The average molecular weight is 236 g/mol. The third kappa shape index (κ3) is 3.33. The standard InChI is InChI=1S/C14H24N2O/c1-3-12(15)9-13-5-4-8-16(13)10-14-7-6-11(2)17-14/h4-5,8,11-12,14H,3,6-7,9-10,15H2,1-2H3. The molecule has 0 aliphatic carbocycles. The minimum absolute atomic E-state index is 0.270. The van der Waals surface area contributed by atoms with Crippen LogP contribution >= 0.6 is 0 Å². The minimum Gasteiger partial charge on any atom is -0.373 e. The summed E-state index contributed by atoms with van der Waals surface area (Å²) in [6.45, 7) is 5.27. The molecule has 2 N–H and O–H groups in total. The zero-order chi connectivity index (χ0) is 12.3. The number of nitrogens with zero attached hydrogens (tertiary/aromatic N) is 1. The molecule has 0 spiro atoms. The fourth-order valence-corrected chi connectivity index (χ4v) is 2.46. The highest BCUT2D eigenvalue weighted by molar-refractivity contribution is 5.09. The highest BCUT2D eigenvalue weighted by Gasteiger charge is 2.22. The molecule has 3 unspecified atom stereocenters. The lowest BCUT2D eigenvalue weighted by atomic mass is 10.1.